The third kappa shape index (κ3) is 7.22. The average molecular weight is 680 g/mol. The van der Waals surface area contributed by atoms with Crippen LogP contribution in [0.25, 0.3) is 0 Å². The largest absolute Gasteiger partial charge is 0.490 e. The standard InChI is InChI=1S/C38H38ClN5O3S/c1-6-46-33-20-27(16-17-32(33)47-21-29-19-24(3)23(2)18-25(29)4)35-34(36(45)41-30-13-8-7-9-14-30)26(5)40-37-42-38(43-44(35)37)48-22-28-12-10-11-15-31(28)39/h7-20,35H,6,21-22H2,1-5H3,(H,41,45)(H,40,42,43). The van der Waals surface area contributed by atoms with Crippen LogP contribution in [0.4, 0.5) is 11.6 Å². The number of rotatable bonds is 11. The Labute approximate surface area is 290 Å². The van der Waals surface area contributed by atoms with E-state index in [1.807, 2.05) is 86.6 Å². The number of ether oxygens (including phenoxy) is 2. The first-order chi connectivity index (χ1) is 23.2. The molecule has 1 aromatic heterocycles. The van der Waals surface area contributed by atoms with E-state index in [4.69, 9.17) is 31.2 Å². The van der Waals surface area contributed by atoms with Crippen LogP contribution in [0.2, 0.25) is 5.02 Å². The average Bonchev–Trinajstić information content (AvgIpc) is 3.48. The number of anilines is 2. The number of hydrogen-bond acceptors (Lipinski definition) is 7. The fourth-order valence-electron chi connectivity index (χ4n) is 5.69. The van der Waals surface area contributed by atoms with E-state index < -0.39 is 6.04 Å². The van der Waals surface area contributed by atoms with Crippen molar-refractivity contribution in [2.24, 2.45) is 0 Å². The number of benzene rings is 4. The predicted octanol–water partition coefficient (Wildman–Crippen LogP) is 9.05. The van der Waals surface area contributed by atoms with Gasteiger partial charge in [0.05, 0.1) is 12.2 Å². The fourth-order valence-corrected chi connectivity index (χ4v) is 6.80. The van der Waals surface area contributed by atoms with Crippen LogP contribution in [0.3, 0.4) is 0 Å². The monoisotopic (exact) mass is 679 g/mol. The Kier molecular flexibility index (Phi) is 10.1. The molecule has 48 heavy (non-hydrogen) atoms. The van der Waals surface area contributed by atoms with Crippen LogP contribution in [0.5, 0.6) is 11.5 Å². The number of halogens is 1. The minimum atomic E-state index is -0.595. The third-order valence-corrected chi connectivity index (χ3v) is 9.60. The number of allylic oxidation sites excluding steroid dienone is 1. The number of aromatic nitrogens is 3. The van der Waals surface area contributed by atoms with Gasteiger partial charge in [-0.05, 0) is 98.3 Å². The second-order valence-electron chi connectivity index (χ2n) is 11.7. The number of hydrogen-bond donors (Lipinski definition) is 2. The lowest BCUT2D eigenvalue weighted by molar-refractivity contribution is -0.113. The summed E-state index contributed by atoms with van der Waals surface area (Å²) in [7, 11) is 0. The van der Waals surface area contributed by atoms with Gasteiger partial charge in [0.15, 0.2) is 11.5 Å². The summed E-state index contributed by atoms with van der Waals surface area (Å²) in [4.78, 5) is 18.8. The highest BCUT2D eigenvalue weighted by Crippen LogP contribution is 2.40. The van der Waals surface area contributed by atoms with Crippen molar-refractivity contribution in [2.45, 2.75) is 58.2 Å². The molecule has 2 heterocycles. The van der Waals surface area contributed by atoms with Crippen LogP contribution >= 0.6 is 23.4 Å². The van der Waals surface area contributed by atoms with E-state index in [1.165, 1.54) is 28.5 Å². The Hall–Kier alpha value is -4.73. The zero-order valence-electron chi connectivity index (χ0n) is 27.6. The Bertz CT molecular complexity index is 1990. The summed E-state index contributed by atoms with van der Waals surface area (Å²) in [5.74, 6) is 2.11. The molecule has 5 aromatic rings. The number of carbonyl (C=O) groups excluding carboxylic acids is 1. The Balaban J connectivity index is 1.36. The zero-order valence-corrected chi connectivity index (χ0v) is 29.2. The first kappa shape index (κ1) is 33.2. The van der Waals surface area contributed by atoms with Gasteiger partial charge in [-0.2, -0.15) is 4.98 Å². The number of fused-ring (bicyclic) bond motifs is 1. The molecule has 0 saturated carbocycles. The van der Waals surface area contributed by atoms with E-state index in [-0.39, 0.29) is 5.91 Å². The Morgan fingerprint density at radius 2 is 1.65 bits per heavy atom. The molecule has 10 heteroatoms. The second-order valence-corrected chi connectivity index (χ2v) is 13.1. The number of carbonyl (C=O) groups is 1. The SMILES string of the molecule is CCOc1cc(C2C(C(=O)Nc3ccccc3)=C(C)Nc3nc(SCc4ccccc4Cl)nn32)ccc1OCc1cc(C)c(C)cc1C. The molecule has 0 spiro atoms. The van der Waals surface area contributed by atoms with Crippen LogP contribution < -0.4 is 20.1 Å². The minimum Gasteiger partial charge on any atom is -0.490 e. The molecule has 0 aliphatic carbocycles. The fraction of sp³-hybridized carbons (Fsp3) is 0.237. The summed E-state index contributed by atoms with van der Waals surface area (Å²) >= 11 is 7.90. The van der Waals surface area contributed by atoms with E-state index in [0.29, 0.717) is 63.6 Å². The van der Waals surface area contributed by atoms with Gasteiger partial charge in [-0.1, -0.05) is 78.0 Å². The maximum atomic E-state index is 14.0. The lowest BCUT2D eigenvalue weighted by Crippen LogP contribution is -2.31. The van der Waals surface area contributed by atoms with Crippen molar-refractivity contribution in [1.82, 2.24) is 14.8 Å². The highest BCUT2D eigenvalue weighted by atomic mass is 35.5. The van der Waals surface area contributed by atoms with Gasteiger partial charge in [0.25, 0.3) is 5.91 Å². The molecule has 8 nitrogen and oxygen atoms in total. The molecule has 0 radical (unpaired) electrons. The number of thioether (sulfide) groups is 1. The number of nitrogens with one attached hydrogen (secondary N) is 2. The van der Waals surface area contributed by atoms with Gasteiger partial charge in [-0.15, -0.1) is 5.10 Å². The summed E-state index contributed by atoms with van der Waals surface area (Å²) in [6.07, 6.45) is 0. The topological polar surface area (TPSA) is 90.3 Å². The van der Waals surface area contributed by atoms with Crippen LogP contribution in [0, 0.1) is 20.8 Å². The first-order valence-electron chi connectivity index (χ1n) is 15.8. The van der Waals surface area contributed by atoms with Gasteiger partial charge >= 0.3 is 0 Å². The van der Waals surface area contributed by atoms with Crippen LogP contribution in [-0.4, -0.2) is 27.3 Å². The number of para-hydroxylation sites is 1. The quantitative estimate of drug-likeness (QED) is 0.135. The number of amides is 1. The minimum absolute atomic E-state index is 0.244. The van der Waals surface area contributed by atoms with Crippen molar-refractivity contribution in [3.63, 3.8) is 0 Å². The Morgan fingerprint density at radius 3 is 2.42 bits per heavy atom. The van der Waals surface area contributed by atoms with Crippen LogP contribution in [-0.2, 0) is 17.2 Å². The lowest BCUT2D eigenvalue weighted by Gasteiger charge is -2.29. The number of nitrogens with zero attached hydrogens (tertiary/aromatic N) is 3. The highest BCUT2D eigenvalue weighted by Gasteiger charge is 2.35. The van der Waals surface area contributed by atoms with Gasteiger partial charge in [0, 0.05) is 22.2 Å². The highest BCUT2D eigenvalue weighted by molar-refractivity contribution is 7.98. The van der Waals surface area contributed by atoms with Crippen molar-refractivity contribution < 1.29 is 14.3 Å². The van der Waals surface area contributed by atoms with E-state index in [2.05, 4.69) is 43.5 Å². The zero-order chi connectivity index (χ0) is 33.8. The van der Waals surface area contributed by atoms with Crippen LogP contribution in [0.15, 0.2) is 101 Å². The van der Waals surface area contributed by atoms with Crippen LogP contribution in [0.1, 0.15) is 53.3 Å². The molecule has 246 valence electrons. The molecule has 2 N–H and O–H groups in total. The van der Waals surface area contributed by atoms with Crippen molar-refractivity contribution in [2.75, 3.05) is 17.2 Å². The molecular formula is C38H38ClN5O3S. The molecular weight excluding hydrogens is 642 g/mol. The molecule has 6 rings (SSSR count). The Morgan fingerprint density at radius 1 is 0.896 bits per heavy atom. The van der Waals surface area contributed by atoms with Crippen molar-refractivity contribution in [3.8, 4) is 11.5 Å². The molecule has 1 aliphatic heterocycles. The number of aryl methyl sites for hydroxylation is 3. The predicted molar refractivity (Wildman–Crippen MR) is 193 cm³/mol. The molecule has 4 aromatic carbocycles. The summed E-state index contributed by atoms with van der Waals surface area (Å²) in [6, 6.07) is 26.7. The van der Waals surface area contributed by atoms with E-state index in [0.717, 1.165) is 16.7 Å². The summed E-state index contributed by atoms with van der Waals surface area (Å²) < 4.78 is 14.2. The first-order valence-corrected chi connectivity index (χ1v) is 17.2. The van der Waals surface area contributed by atoms with Crippen molar-refractivity contribution >= 4 is 40.9 Å². The maximum absolute atomic E-state index is 14.0. The van der Waals surface area contributed by atoms with E-state index in [1.54, 1.807) is 4.68 Å². The summed E-state index contributed by atoms with van der Waals surface area (Å²) in [6.45, 7) is 11.0. The van der Waals surface area contributed by atoms with E-state index in [9.17, 15) is 4.79 Å². The molecule has 1 unspecified atom stereocenters. The molecule has 1 amide bonds. The lowest BCUT2D eigenvalue weighted by atomic mass is 9.94. The van der Waals surface area contributed by atoms with Crippen molar-refractivity contribution in [3.05, 3.63) is 135 Å². The van der Waals surface area contributed by atoms with E-state index >= 15 is 0 Å². The van der Waals surface area contributed by atoms with Gasteiger partial charge in [-0.25, -0.2) is 4.68 Å². The van der Waals surface area contributed by atoms with Gasteiger partial charge in [-0.3, -0.25) is 4.79 Å². The van der Waals surface area contributed by atoms with Gasteiger partial charge in [0.1, 0.15) is 12.6 Å². The summed E-state index contributed by atoms with van der Waals surface area (Å²) in [5, 5.41) is 12.5. The normalized spacial score (nSPS) is 13.9. The van der Waals surface area contributed by atoms with Gasteiger partial charge in [0.2, 0.25) is 11.1 Å². The summed E-state index contributed by atoms with van der Waals surface area (Å²) in [5.41, 5.74) is 8.47. The second kappa shape index (κ2) is 14.6. The molecule has 1 atom stereocenters. The smallest absolute Gasteiger partial charge is 0.255 e. The third-order valence-electron chi connectivity index (χ3n) is 8.34. The molecule has 0 saturated heterocycles. The maximum Gasteiger partial charge on any atom is 0.255 e. The molecule has 0 bridgehead atoms. The van der Waals surface area contributed by atoms with Gasteiger partial charge < -0.3 is 20.1 Å². The molecule has 0 fully saturated rings. The molecule has 1 aliphatic rings. The van der Waals surface area contributed by atoms with Crippen molar-refractivity contribution in [1.29, 1.82) is 0 Å².